The molecular formula is C11H17ClN2O2. The van der Waals surface area contributed by atoms with Crippen LogP contribution in [0.3, 0.4) is 0 Å². The number of alkyl halides is 1. The third kappa shape index (κ3) is 2.48. The first-order chi connectivity index (χ1) is 7.70. The molecule has 2 aliphatic heterocycles. The van der Waals surface area contributed by atoms with Crippen molar-refractivity contribution in [3.8, 4) is 0 Å². The van der Waals surface area contributed by atoms with Crippen LogP contribution in [0.15, 0.2) is 0 Å². The van der Waals surface area contributed by atoms with Gasteiger partial charge >= 0.3 is 0 Å². The molecular weight excluding hydrogens is 228 g/mol. The predicted molar refractivity (Wildman–Crippen MR) is 61.2 cm³/mol. The molecule has 2 rings (SSSR count). The molecule has 16 heavy (non-hydrogen) atoms. The van der Waals surface area contributed by atoms with Gasteiger partial charge in [0.05, 0.1) is 6.54 Å². The molecule has 1 unspecified atom stereocenters. The lowest BCUT2D eigenvalue weighted by Crippen LogP contribution is -2.39. The molecule has 0 aromatic heterocycles. The Morgan fingerprint density at radius 1 is 1.38 bits per heavy atom. The van der Waals surface area contributed by atoms with Gasteiger partial charge in [0.25, 0.3) is 0 Å². The monoisotopic (exact) mass is 244 g/mol. The van der Waals surface area contributed by atoms with Crippen LogP contribution in [0.5, 0.6) is 0 Å². The summed E-state index contributed by atoms with van der Waals surface area (Å²) in [6, 6.07) is 0. The van der Waals surface area contributed by atoms with E-state index in [1.54, 1.807) is 4.90 Å². The molecule has 1 atom stereocenters. The summed E-state index contributed by atoms with van der Waals surface area (Å²) in [5.41, 5.74) is 0. The Kier molecular flexibility index (Phi) is 3.69. The fourth-order valence-electron chi connectivity index (χ4n) is 2.34. The number of nitrogens with zero attached hydrogens (tertiary/aromatic N) is 2. The Labute approximate surface area is 101 Å². The number of halogens is 1. The number of hydrogen-bond acceptors (Lipinski definition) is 2. The smallest absolute Gasteiger partial charge is 0.242 e. The lowest BCUT2D eigenvalue weighted by Gasteiger charge is -2.20. The second-order valence-corrected chi connectivity index (χ2v) is 4.90. The van der Waals surface area contributed by atoms with E-state index >= 15 is 0 Å². The van der Waals surface area contributed by atoms with Gasteiger partial charge in [-0.3, -0.25) is 9.59 Å². The van der Waals surface area contributed by atoms with Gasteiger partial charge in [-0.15, -0.1) is 11.6 Å². The Morgan fingerprint density at radius 2 is 2.06 bits per heavy atom. The maximum absolute atomic E-state index is 11.8. The van der Waals surface area contributed by atoms with Crippen LogP contribution in [0.1, 0.15) is 19.3 Å². The molecule has 0 saturated carbocycles. The average molecular weight is 245 g/mol. The zero-order chi connectivity index (χ0) is 11.5. The molecule has 0 aromatic carbocycles. The molecule has 90 valence electrons. The fourth-order valence-corrected chi connectivity index (χ4v) is 2.55. The molecule has 2 heterocycles. The number of hydrogen-bond donors (Lipinski definition) is 0. The summed E-state index contributed by atoms with van der Waals surface area (Å²) in [7, 11) is 0. The third-order valence-electron chi connectivity index (χ3n) is 3.30. The minimum atomic E-state index is 0.0678. The van der Waals surface area contributed by atoms with Crippen LogP contribution in [0.4, 0.5) is 0 Å². The van der Waals surface area contributed by atoms with Crippen LogP contribution in [0.2, 0.25) is 0 Å². The summed E-state index contributed by atoms with van der Waals surface area (Å²) in [6.07, 6.45) is 2.67. The highest BCUT2D eigenvalue weighted by Gasteiger charge is 2.31. The maximum atomic E-state index is 11.8. The van der Waals surface area contributed by atoms with E-state index in [4.69, 9.17) is 11.6 Å². The van der Waals surface area contributed by atoms with E-state index in [2.05, 4.69) is 0 Å². The molecule has 0 aliphatic carbocycles. The van der Waals surface area contributed by atoms with Gasteiger partial charge in [-0.05, 0) is 18.8 Å². The number of likely N-dealkylation sites (tertiary alicyclic amines) is 2. The number of carbonyl (C=O) groups is 2. The SMILES string of the molecule is O=C(CN1CC(CCl)CC1=O)N1CCCC1. The van der Waals surface area contributed by atoms with E-state index in [0.717, 1.165) is 25.9 Å². The molecule has 0 bridgehead atoms. The van der Waals surface area contributed by atoms with E-state index < -0.39 is 0 Å². The van der Waals surface area contributed by atoms with Crippen molar-refractivity contribution >= 4 is 23.4 Å². The van der Waals surface area contributed by atoms with Gasteiger partial charge in [0.15, 0.2) is 0 Å². The Morgan fingerprint density at radius 3 is 2.62 bits per heavy atom. The van der Waals surface area contributed by atoms with E-state index in [9.17, 15) is 9.59 Å². The second-order valence-electron chi connectivity index (χ2n) is 4.59. The molecule has 5 heteroatoms. The van der Waals surface area contributed by atoms with Gasteiger partial charge in [0.2, 0.25) is 11.8 Å². The summed E-state index contributed by atoms with van der Waals surface area (Å²) >= 11 is 5.73. The molecule has 2 fully saturated rings. The lowest BCUT2D eigenvalue weighted by atomic mass is 10.1. The lowest BCUT2D eigenvalue weighted by molar-refractivity contribution is -0.137. The highest BCUT2D eigenvalue weighted by Crippen LogP contribution is 2.19. The van der Waals surface area contributed by atoms with Crippen molar-refractivity contribution in [2.24, 2.45) is 5.92 Å². The first kappa shape index (κ1) is 11.7. The summed E-state index contributed by atoms with van der Waals surface area (Å²) < 4.78 is 0. The van der Waals surface area contributed by atoms with Crippen molar-refractivity contribution in [3.63, 3.8) is 0 Å². The van der Waals surface area contributed by atoms with Crippen molar-refractivity contribution in [2.75, 3.05) is 32.1 Å². The van der Waals surface area contributed by atoms with Crippen molar-refractivity contribution in [1.82, 2.24) is 9.80 Å². The Hall–Kier alpha value is -0.770. The van der Waals surface area contributed by atoms with Crippen LogP contribution >= 0.6 is 11.6 Å². The molecule has 0 N–H and O–H groups in total. The maximum Gasteiger partial charge on any atom is 0.242 e. The van der Waals surface area contributed by atoms with Crippen LogP contribution in [-0.4, -0.2) is 53.7 Å². The quantitative estimate of drug-likeness (QED) is 0.686. The van der Waals surface area contributed by atoms with Crippen molar-refractivity contribution in [3.05, 3.63) is 0 Å². The first-order valence-electron chi connectivity index (χ1n) is 5.82. The molecule has 2 amide bonds. The third-order valence-corrected chi connectivity index (χ3v) is 3.73. The normalized spacial score (nSPS) is 25.6. The molecule has 0 radical (unpaired) electrons. The second kappa shape index (κ2) is 5.04. The van der Waals surface area contributed by atoms with Gasteiger partial charge in [-0.1, -0.05) is 0 Å². The van der Waals surface area contributed by atoms with Gasteiger partial charge in [-0.25, -0.2) is 0 Å². The van der Waals surface area contributed by atoms with Crippen molar-refractivity contribution < 1.29 is 9.59 Å². The van der Waals surface area contributed by atoms with Crippen LogP contribution in [0.25, 0.3) is 0 Å². The van der Waals surface area contributed by atoms with E-state index in [1.807, 2.05) is 4.90 Å². The molecule has 2 aliphatic rings. The summed E-state index contributed by atoms with van der Waals surface area (Å²) in [5.74, 6) is 0.875. The van der Waals surface area contributed by atoms with Crippen LogP contribution < -0.4 is 0 Å². The fraction of sp³-hybridized carbons (Fsp3) is 0.818. The largest absolute Gasteiger partial charge is 0.341 e. The van der Waals surface area contributed by atoms with Crippen LogP contribution in [0, 0.1) is 5.92 Å². The molecule has 2 saturated heterocycles. The van der Waals surface area contributed by atoms with Crippen LogP contribution in [-0.2, 0) is 9.59 Å². The van der Waals surface area contributed by atoms with Gasteiger partial charge < -0.3 is 9.80 Å². The highest BCUT2D eigenvalue weighted by atomic mass is 35.5. The number of rotatable bonds is 3. The average Bonchev–Trinajstić information content (AvgIpc) is 2.88. The molecule has 4 nitrogen and oxygen atoms in total. The predicted octanol–water partition coefficient (Wildman–Crippen LogP) is 0.696. The Balaban J connectivity index is 1.85. The first-order valence-corrected chi connectivity index (χ1v) is 6.35. The summed E-state index contributed by atoms with van der Waals surface area (Å²) in [5, 5.41) is 0. The minimum Gasteiger partial charge on any atom is -0.341 e. The van der Waals surface area contributed by atoms with E-state index in [1.165, 1.54) is 0 Å². The standard InChI is InChI=1S/C11H17ClN2O2/c12-6-9-5-10(15)14(7-9)8-11(16)13-3-1-2-4-13/h9H,1-8H2. The topological polar surface area (TPSA) is 40.6 Å². The highest BCUT2D eigenvalue weighted by molar-refractivity contribution is 6.18. The number of carbonyl (C=O) groups excluding carboxylic acids is 2. The molecule has 0 aromatic rings. The van der Waals surface area contributed by atoms with Gasteiger partial charge in [0.1, 0.15) is 0 Å². The molecule has 0 spiro atoms. The zero-order valence-corrected chi connectivity index (χ0v) is 10.1. The number of amides is 2. The van der Waals surface area contributed by atoms with Crippen molar-refractivity contribution in [1.29, 1.82) is 0 Å². The Bertz CT molecular complexity index is 290. The minimum absolute atomic E-state index is 0.0678. The van der Waals surface area contributed by atoms with Gasteiger partial charge in [0, 0.05) is 31.9 Å². The zero-order valence-electron chi connectivity index (χ0n) is 9.32. The summed E-state index contributed by atoms with van der Waals surface area (Å²) in [4.78, 5) is 26.9. The van der Waals surface area contributed by atoms with Crippen molar-refractivity contribution in [2.45, 2.75) is 19.3 Å². The van der Waals surface area contributed by atoms with E-state index in [0.29, 0.717) is 18.8 Å². The van der Waals surface area contributed by atoms with Gasteiger partial charge in [-0.2, -0.15) is 0 Å². The van der Waals surface area contributed by atoms with E-state index in [-0.39, 0.29) is 24.3 Å². The summed E-state index contributed by atoms with van der Waals surface area (Å²) in [6.45, 7) is 2.58.